The molecule has 0 radical (unpaired) electrons. The molecule has 2 N–H and O–H groups in total. The third-order valence-electron chi connectivity index (χ3n) is 4.60. The van der Waals surface area contributed by atoms with E-state index in [-0.39, 0.29) is 11.7 Å². The highest BCUT2D eigenvalue weighted by Crippen LogP contribution is 2.32. The van der Waals surface area contributed by atoms with Crippen LogP contribution in [0.4, 0.5) is 4.39 Å². The summed E-state index contributed by atoms with van der Waals surface area (Å²) < 4.78 is 14.1. The Morgan fingerprint density at radius 3 is 3.00 bits per heavy atom. The molecule has 1 aromatic carbocycles. The number of rotatable bonds is 4. The van der Waals surface area contributed by atoms with Crippen molar-refractivity contribution in [3.05, 3.63) is 47.3 Å². The van der Waals surface area contributed by atoms with Gasteiger partial charge < -0.3 is 10.1 Å². The van der Waals surface area contributed by atoms with Crippen molar-refractivity contribution in [2.45, 2.75) is 45.1 Å². The van der Waals surface area contributed by atoms with E-state index in [2.05, 4.69) is 28.7 Å². The van der Waals surface area contributed by atoms with E-state index in [1.807, 2.05) is 6.20 Å². The minimum Gasteiger partial charge on any atom is -0.505 e. The molecule has 5 heteroatoms. The van der Waals surface area contributed by atoms with Crippen molar-refractivity contribution in [1.29, 1.82) is 0 Å². The fourth-order valence-corrected chi connectivity index (χ4v) is 3.27. The molecule has 0 amide bonds. The van der Waals surface area contributed by atoms with E-state index in [9.17, 15) is 9.50 Å². The zero-order chi connectivity index (χ0) is 16.4. The summed E-state index contributed by atoms with van der Waals surface area (Å²) >= 11 is 0. The lowest BCUT2D eigenvalue weighted by atomic mass is 9.90. The number of aromatic hydroxyl groups is 1. The number of nitrogens with one attached hydrogen (secondary N) is 1. The van der Waals surface area contributed by atoms with E-state index in [4.69, 9.17) is 0 Å². The average molecular weight is 317 g/mol. The Bertz CT molecular complexity index is 668. The summed E-state index contributed by atoms with van der Waals surface area (Å²) in [7, 11) is 0. The largest absolute Gasteiger partial charge is 0.505 e. The summed E-state index contributed by atoms with van der Waals surface area (Å²) in [4.78, 5) is 10.1. The third-order valence-corrected chi connectivity index (χ3v) is 4.60. The second kappa shape index (κ2) is 6.71. The number of aromatic amines is 1. The number of H-pyrrole nitrogens is 1. The van der Waals surface area contributed by atoms with Crippen molar-refractivity contribution in [3.63, 3.8) is 0 Å². The summed E-state index contributed by atoms with van der Waals surface area (Å²) in [6, 6.07) is 4.90. The molecule has 3 rings (SSSR count). The summed E-state index contributed by atoms with van der Waals surface area (Å²) in [5.74, 6) is 0.791. The number of hydrogen-bond donors (Lipinski definition) is 2. The van der Waals surface area contributed by atoms with Gasteiger partial charge in [0, 0.05) is 18.4 Å². The van der Waals surface area contributed by atoms with Gasteiger partial charge in [0.25, 0.3) is 0 Å². The molecule has 124 valence electrons. The van der Waals surface area contributed by atoms with Crippen molar-refractivity contribution in [2.24, 2.45) is 0 Å². The molecule has 0 spiro atoms. The van der Waals surface area contributed by atoms with Crippen LogP contribution in [0.25, 0.3) is 0 Å². The van der Waals surface area contributed by atoms with E-state index in [1.165, 1.54) is 6.07 Å². The van der Waals surface area contributed by atoms with Gasteiger partial charge in [-0.05, 0) is 42.9 Å². The quantitative estimate of drug-likeness (QED) is 0.903. The Labute approximate surface area is 136 Å². The SMILES string of the molecule is CC(C)c1cnc(CN2CCCC(c3cccc(O)c3F)C2)[nH]1. The monoisotopic (exact) mass is 317 g/mol. The first-order chi connectivity index (χ1) is 11.0. The Hall–Kier alpha value is -1.88. The third kappa shape index (κ3) is 3.55. The van der Waals surface area contributed by atoms with Gasteiger partial charge in [0.1, 0.15) is 5.82 Å². The summed E-state index contributed by atoms with van der Waals surface area (Å²) in [6.07, 6.45) is 3.88. The summed E-state index contributed by atoms with van der Waals surface area (Å²) in [6.45, 7) is 6.81. The molecule has 1 aliphatic rings. The van der Waals surface area contributed by atoms with E-state index in [0.717, 1.165) is 44.0 Å². The minimum absolute atomic E-state index is 0.121. The number of hydrogen-bond acceptors (Lipinski definition) is 3. The Kier molecular flexibility index (Phi) is 4.66. The van der Waals surface area contributed by atoms with Crippen molar-refractivity contribution < 1.29 is 9.50 Å². The predicted molar refractivity (Wildman–Crippen MR) is 88.0 cm³/mol. The second-order valence-electron chi connectivity index (χ2n) is 6.69. The van der Waals surface area contributed by atoms with Gasteiger partial charge in [-0.15, -0.1) is 0 Å². The highest BCUT2D eigenvalue weighted by atomic mass is 19.1. The van der Waals surface area contributed by atoms with Crippen LogP contribution in [0.1, 0.15) is 55.6 Å². The van der Waals surface area contributed by atoms with Crippen LogP contribution in [-0.2, 0) is 6.54 Å². The maximum atomic E-state index is 14.1. The van der Waals surface area contributed by atoms with E-state index in [1.54, 1.807) is 12.1 Å². The fourth-order valence-electron chi connectivity index (χ4n) is 3.27. The first kappa shape index (κ1) is 16.0. The molecule has 1 unspecified atom stereocenters. The van der Waals surface area contributed by atoms with Crippen molar-refractivity contribution in [2.75, 3.05) is 13.1 Å². The van der Waals surface area contributed by atoms with Gasteiger partial charge in [-0.3, -0.25) is 4.90 Å². The van der Waals surface area contributed by atoms with Crippen LogP contribution >= 0.6 is 0 Å². The molecule has 23 heavy (non-hydrogen) atoms. The number of imidazole rings is 1. The summed E-state index contributed by atoms with van der Waals surface area (Å²) in [5.41, 5.74) is 1.77. The van der Waals surface area contributed by atoms with Crippen LogP contribution in [0.5, 0.6) is 5.75 Å². The number of halogens is 1. The van der Waals surface area contributed by atoms with Crippen LogP contribution in [0.15, 0.2) is 24.4 Å². The zero-order valence-electron chi connectivity index (χ0n) is 13.7. The number of phenols is 1. The molecule has 0 saturated carbocycles. The molecule has 1 aliphatic heterocycles. The zero-order valence-corrected chi connectivity index (χ0v) is 13.7. The molecule has 1 saturated heterocycles. The topological polar surface area (TPSA) is 52.1 Å². The number of phenolic OH excluding ortho intramolecular Hbond substituents is 1. The maximum Gasteiger partial charge on any atom is 0.168 e. The van der Waals surface area contributed by atoms with Gasteiger partial charge >= 0.3 is 0 Å². The standard InChI is InChI=1S/C18H24FN3O/c1-12(2)15-9-20-17(21-15)11-22-8-4-5-13(10-22)14-6-3-7-16(23)18(14)19/h3,6-7,9,12-13,23H,4-5,8,10-11H2,1-2H3,(H,20,21). The molecular weight excluding hydrogens is 293 g/mol. The molecule has 1 fully saturated rings. The van der Waals surface area contributed by atoms with Crippen molar-refractivity contribution in [1.82, 2.24) is 14.9 Å². The second-order valence-corrected chi connectivity index (χ2v) is 6.69. The van der Waals surface area contributed by atoms with Gasteiger partial charge in [-0.1, -0.05) is 26.0 Å². The van der Waals surface area contributed by atoms with Gasteiger partial charge in [0.05, 0.1) is 6.54 Å². The molecule has 1 atom stereocenters. The molecular formula is C18H24FN3O. The van der Waals surface area contributed by atoms with Crippen LogP contribution < -0.4 is 0 Å². The molecule has 4 nitrogen and oxygen atoms in total. The number of nitrogens with zero attached hydrogens (tertiary/aromatic N) is 2. The molecule has 2 aromatic rings. The van der Waals surface area contributed by atoms with Crippen LogP contribution in [0.2, 0.25) is 0 Å². The van der Waals surface area contributed by atoms with Crippen molar-refractivity contribution >= 4 is 0 Å². The normalized spacial score (nSPS) is 19.4. The fraction of sp³-hybridized carbons (Fsp3) is 0.500. The molecule has 0 aliphatic carbocycles. The first-order valence-electron chi connectivity index (χ1n) is 8.28. The number of piperidine rings is 1. The Morgan fingerprint density at radius 1 is 1.43 bits per heavy atom. The highest BCUT2D eigenvalue weighted by molar-refractivity contribution is 5.32. The van der Waals surface area contributed by atoms with Gasteiger partial charge in [0.15, 0.2) is 11.6 Å². The summed E-state index contributed by atoms with van der Waals surface area (Å²) in [5, 5.41) is 9.58. The number of benzene rings is 1. The van der Waals surface area contributed by atoms with E-state index >= 15 is 0 Å². The molecule has 2 heterocycles. The van der Waals surface area contributed by atoms with Crippen LogP contribution in [-0.4, -0.2) is 33.1 Å². The number of aromatic nitrogens is 2. The predicted octanol–water partition coefficient (Wildman–Crippen LogP) is 3.76. The lowest BCUT2D eigenvalue weighted by Crippen LogP contribution is -2.34. The highest BCUT2D eigenvalue weighted by Gasteiger charge is 2.25. The first-order valence-corrected chi connectivity index (χ1v) is 8.28. The maximum absolute atomic E-state index is 14.1. The number of likely N-dealkylation sites (tertiary alicyclic amines) is 1. The van der Waals surface area contributed by atoms with E-state index < -0.39 is 5.82 Å². The average Bonchev–Trinajstić information content (AvgIpc) is 2.99. The lowest BCUT2D eigenvalue weighted by Gasteiger charge is -2.32. The lowest BCUT2D eigenvalue weighted by molar-refractivity contribution is 0.194. The Morgan fingerprint density at radius 2 is 2.26 bits per heavy atom. The molecule has 1 aromatic heterocycles. The molecule has 0 bridgehead atoms. The van der Waals surface area contributed by atoms with Gasteiger partial charge in [-0.25, -0.2) is 9.37 Å². The van der Waals surface area contributed by atoms with Crippen LogP contribution in [0.3, 0.4) is 0 Å². The smallest absolute Gasteiger partial charge is 0.168 e. The van der Waals surface area contributed by atoms with Gasteiger partial charge in [-0.2, -0.15) is 0 Å². The van der Waals surface area contributed by atoms with Gasteiger partial charge in [0.2, 0.25) is 0 Å². The van der Waals surface area contributed by atoms with E-state index in [0.29, 0.717) is 11.5 Å². The van der Waals surface area contributed by atoms with Crippen molar-refractivity contribution in [3.8, 4) is 5.75 Å². The minimum atomic E-state index is -0.473. The Balaban J connectivity index is 1.69. The van der Waals surface area contributed by atoms with Crippen LogP contribution in [0, 0.1) is 5.82 Å².